The van der Waals surface area contributed by atoms with Gasteiger partial charge in [0.15, 0.2) is 0 Å². The largest absolute Gasteiger partial charge is 0.497 e. The summed E-state index contributed by atoms with van der Waals surface area (Å²) in [6.07, 6.45) is 4.30. The van der Waals surface area contributed by atoms with Crippen molar-refractivity contribution in [1.82, 2.24) is 19.9 Å². The Bertz CT molecular complexity index is 1160. The molecule has 1 fully saturated rings. The lowest BCUT2D eigenvalue weighted by atomic mass is 10.1. The van der Waals surface area contributed by atoms with E-state index in [1.165, 1.54) is 24.3 Å². The Morgan fingerprint density at radius 1 is 1.22 bits per heavy atom. The molecule has 2 aromatic carbocycles. The molecule has 0 radical (unpaired) electrons. The number of nitrogens with one attached hydrogen (secondary N) is 1. The number of halogens is 1. The first-order chi connectivity index (χ1) is 15.4. The lowest BCUT2D eigenvalue weighted by Gasteiger charge is -2.25. The van der Waals surface area contributed by atoms with Gasteiger partial charge in [0.05, 0.1) is 42.1 Å². The van der Waals surface area contributed by atoms with Gasteiger partial charge in [-0.25, -0.2) is 0 Å². The van der Waals surface area contributed by atoms with E-state index >= 15 is 0 Å². The quantitative estimate of drug-likeness (QED) is 0.572. The fraction of sp³-hybridized carbons (Fsp3) is 0.273. The molecular weight excluding hydrogens is 432 g/mol. The van der Waals surface area contributed by atoms with Crippen LogP contribution >= 0.6 is 11.6 Å². The van der Waals surface area contributed by atoms with Gasteiger partial charge in [0.25, 0.3) is 5.91 Å². The number of nitrogens with zero attached hydrogens (tertiary/aromatic N) is 4. The number of likely N-dealkylation sites (tertiary alicyclic amines) is 1. The van der Waals surface area contributed by atoms with Crippen LogP contribution in [-0.2, 0) is 4.79 Å². The molecule has 0 aliphatic carbocycles. The highest BCUT2D eigenvalue weighted by atomic mass is 35.5. The molecule has 10 heteroatoms. The minimum atomic E-state index is -0.648. The number of amides is 2. The van der Waals surface area contributed by atoms with E-state index in [9.17, 15) is 9.59 Å². The number of aromatic nitrogens is 3. The number of nitrogen functional groups attached to an aromatic ring is 1. The Morgan fingerprint density at radius 2 is 1.97 bits per heavy atom. The van der Waals surface area contributed by atoms with E-state index < -0.39 is 6.04 Å². The van der Waals surface area contributed by atoms with Gasteiger partial charge < -0.3 is 20.7 Å². The number of methoxy groups -OCH3 is 1. The standard InChI is InChI=1S/C22H23ClN6O3/c1-13-16(23)6-7-17(24)20(13)27-21(30)19-4-3-11-28(19)22(31)15-12-14(32-2)5-8-18(15)29-25-9-10-26-29/h5-10,12,19H,3-4,11,24H2,1-2H3,(H,27,30). The molecule has 0 spiro atoms. The maximum absolute atomic E-state index is 13.6. The first kappa shape index (κ1) is 21.6. The molecule has 0 saturated carbocycles. The minimum Gasteiger partial charge on any atom is -0.497 e. The topological polar surface area (TPSA) is 115 Å². The highest BCUT2D eigenvalue weighted by Crippen LogP contribution is 2.31. The fourth-order valence-corrected chi connectivity index (χ4v) is 4.00. The number of rotatable bonds is 5. The normalized spacial score (nSPS) is 15.6. The lowest BCUT2D eigenvalue weighted by molar-refractivity contribution is -0.119. The average Bonchev–Trinajstić information content (AvgIpc) is 3.50. The fourth-order valence-electron chi connectivity index (χ4n) is 3.84. The molecule has 32 heavy (non-hydrogen) atoms. The highest BCUT2D eigenvalue weighted by molar-refractivity contribution is 6.32. The Labute approximate surface area is 190 Å². The highest BCUT2D eigenvalue weighted by Gasteiger charge is 2.36. The molecule has 2 amide bonds. The van der Waals surface area contributed by atoms with Crippen LogP contribution in [0.1, 0.15) is 28.8 Å². The molecule has 9 nitrogen and oxygen atoms in total. The van der Waals surface area contributed by atoms with E-state index in [-0.39, 0.29) is 11.8 Å². The number of benzene rings is 2. The Balaban J connectivity index is 1.64. The van der Waals surface area contributed by atoms with Crippen LogP contribution in [0.3, 0.4) is 0 Å². The van der Waals surface area contributed by atoms with Crippen molar-refractivity contribution >= 4 is 34.8 Å². The maximum atomic E-state index is 13.6. The first-order valence-electron chi connectivity index (χ1n) is 10.1. The van der Waals surface area contributed by atoms with E-state index in [4.69, 9.17) is 22.1 Å². The van der Waals surface area contributed by atoms with Crippen LogP contribution < -0.4 is 15.8 Å². The summed E-state index contributed by atoms with van der Waals surface area (Å²) in [4.78, 5) is 29.6. The smallest absolute Gasteiger partial charge is 0.256 e. The Kier molecular flexibility index (Phi) is 6.00. The Morgan fingerprint density at radius 3 is 2.69 bits per heavy atom. The molecule has 4 rings (SSSR count). The Hall–Kier alpha value is -3.59. The van der Waals surface area contributed by atoms with Crippen molar-refractivity contribution in [1.29, 1.82) is 0 Å². The van der Waals surface area contributed by atoms with Gasteiger partial charge in [-0.3, -0.25) is 9.59 Å². The van der Waals surface area contributed by atoms with Gasteiger partial charge in [-0.05, 0) is 55.7 Å². The van der Waals surface area contributed by atoms with Crippen LogP contribution in [0.15, 0.2) is 42.7 Å². The summed E-state index contributed by atoms with van der Waals surface area (Å²) >= 11 is 6.19. The molecule has 3 aromatic rings. The summed E-state index contributed by atoms with van der Waals surface area (Å²) in [5, 5.41) is 11.6. The van der Waals surface area contributed by atoms with Crippen molar-refractivity contribution in [2.24, 2.45) is 0 Å². The molecule has 1 saturated heterocycles. The molecule has 1 aromatic heterocycles. The predicted octanol–water partition coefficient (Wildman–Crippen LogP) is 3.06. The SMILES string of the molecule is COc1ccc(-n2nccn2)c(C(=O)N2CCCC2C(=O)Nc2c(N)ccc(Cl)c2C)c1. The summed E-state index contributed by atoms with van der Waals surface area (Å²) < 4.78 is 5.30. The monoisotopic (exact) mass is 454 g/mol. The van der Waals surface area contributed by atoms with E-state index in [2.05, 4.69) is 15.5 Å². The van der Waals surface area contributed by atoms with E-state index in [0.29, 0.717) is 58.3 Å². The zero-order valence-corrected chi connectivity index (χ0v) is 18.5. The van der Waals surface area contributed by atoms with E-state index in [0.717, 1.165) is 0 Å². The second kappa shape index (κ2) is 8.88. The third kappa shape index (κ3) is 3.99. The molecule has 3 N–H and O–H groups in total. The van der Waals surface area contributed by atoms with Gasteiger partial charge in [0.1, 0.15) is 11.8 Å². The number of carbonyl (C=O) groups is 2. The maximum Gasteiger partial charge on any atom is 0.256 e. The molecular formula is C22H23ClN6O3. The van der Waals surface area contributed by atoms with Crippen molar-refractivity contribution in [3.8, 4) is 11.4 Å². The second-order valence-electron chi connectivity index (χ2n) is 7.48. The summed E-state index contributed by atoms with van der Waals surface area (Å²) in [7, 11) is 1.53. The van der Waals surface area contributed by atoms with Gasteiger partial charge in [-0.15, -0.1) is 0 Å². The van der Waals surface area contributed by atoms with Crippen LogP contribution in [0.25, 0.3) is 5.69 Å². The minimum absolute atomic E-state index is 0.301. The van der Waals surface area contributed by atoms with Gasteiger partial charge in [-0.1, -0.05) is 11.6 Å². The van der Waals surface area contributed by atoms with Gasteiger partial charge in [-0.2, -0.15) is 15.0 Å². The average molecular weight is 455 g/mol. The molecule has 166 valence electrons. The van der Waals surface area contributed by atoms with Crippen LogP contribution in [0.5, 0.6) is 5.75 Å². The van der Waals surface area contributed by atoms with Crippen LogP contribution in [0.4, 0.5) is 11.4 Å². The van der Waals surface area contributed by atoms with Crippen molar-refractivity contribution in [2.45, 2.75) is 25.8 Å². The van der Waals surface area contributed by atoms with E-state index in [1.54, 1.807) is 42.2 Å². The number of nitrogens with two attached hydrogens (primary N) is 1. The van der Waals surface area contributed by atoms with Crippen LogP contribution in [0, 0.1) is 6.92 Å². The summed E-state index contributed by atoms with van der Waals surface area (Å²) in [5.41, 5.74) is 8.44. The number of ether oxygens (including phenoxy) is 1. The van der Waals surface area contributed by atoms with Crippen LogP contribution in [-0.4, -0.2) is 51.4 Å². The molecule has 1 unspecified atom stereocenters. The molecule has 1 aliphatic rings. The summed E-state index contributed by atoms with van der Waals surface area (Å²) in [6, 6.07) is 7.75. The summed E-state index contributed by atoms with van der Waals surface area (Å²) in [6.45, 7) is 2.23. The van der Waals surface area contributed by atoms with Crippen molar-refractivity contribution in [3.63, 3.8) is 0 Å². The molecule has 1 atom stereocenters. The second-order valence-corrected chi connectivity index (χ2v) is 7.89. The predicted molar refractivity (Wildman–Crippen MR) is 121 cm³/mol. The zero-order chi connectivity index (χ0) is 22.8. The van der Waals surface area contributed by atoms with Crippen LogP contribution in [0.2, 0.25) is 5.02 Å². The van der Waals surface area contributed by atoms with Crippen molar-refractivity contribution < 1.29 is 14.3 Å². The number of hydrogen-bond donors (Lipinski definition) is 2. The van der Waals surface area contributed by atoms with Gasteiger partial charge >= 0.3 is 0 Å². The van der Waals surface area contributed by atoms with E-state index in [1.807, 2.05) is 0 Å². The molecule has 0 bridgehead atoms. The van der Waals surface area contributed by atoms with Gasteiger partial charge in [0.2, 0.25) is 5.91 Å². The number of anilines is 2. The third-order valence-corrected chi connectivity index (χ3v) is 5.97. The number of carbonyl (C=O) groups excluding carboxylic acids is 2. The zero-order valence-electron chi connectivity index (χ0n) is 17.7. The third-order valence-electron chi connectivity index (χ3n) is 5.56. The van der Waals surface area contributed by atoms with Gasteiger partial charge in [0, 0.05) is 11.6 Å². The number of hydrogen-bond acceptors (Lipinski definition) is 6. The van der Waals surface area contributed by atoms with Crippen molar-refractivity contribution in [2.75, 3.05) is 24.7 Å². The molecule has 1 aliphatic heterocycles. The van der Waals surface area contributed by atoms with Crippen molar-refractivity contribution in [3.05, 3.63) is 58.9 Å². The lowest BCUT2D eigenvalue weighted by Crippen LogP contribution is -2.43. The molecule has 2 heterocycles. The first-order valence-corrected chi connectivity index (χ1v) is 10.5. The summed E-state index contributed by atoms with van der Waals surface area (Å²) in [5.74, 6) is -0.0917.